The molecule has 43 heavy (non-hydrogen) atoms. The molecule has 1 saturated heterocycles. The molecule has 0 amide bonds. The maximum Gasteiger partial charge on any atom is 0.294 e. The molecule has 13 heteroatoms. The molecule has 2 aliphatic heterocycles. The number of para-hydroxylation sites is 1. The number of hydrogen-bond acceptors (Lipinski definition) is 9. The number of fused-ring (bicyclic) bond motifs is 3. The summed E-state index contributed by atoms with van der Waals surface area (Å²) < 4.78 is 28.9. The second kappa shape index (κ2) is 10.8. The molecule has 218 valence electrons. The molecule has 0 N–H and O–H groups in total. The molecule has 0 spiro atoms. The summed E-state index contributed by atoms with van der Waals surface area (Å²) in [6.07, 6.45) is 1.39. The number of pyridine rings is 1. The monoisotopic (exact) mass is 601 g/mol. The first-order valence-corrected chi connectivity index (χ1v) is 14.1. The van der Waals surface area contributed by atoms with Crippen LogP contribution in [-0.4, -0.2) is 57.3 Å². The fourth-order valence-electron chi connectivity index (χ4n) is 5.85. The minimum absolute atomic E-state index is 0.00522. The number of nitrogens with zero attached hydrogens (tertiary/aromatic N) is 7. The van der Waals surface area contributed by atoms with E-state index in [4.69, 9.17) is 21.1 Å². The number of anilines is 3. The molecule has 0 radical (unpaired) electrons. The number of nitro groups is 1. The second-order valence-corrected chi connectivity index (χ2v) is 10.6. The second-order valence-electron chi connectivity index (χ2n) is 10.2. The van der Waals surface area contributed by atoms with Crippen LogP contribution in [0.4, 0.5) is 27.3 Å². The summed E-state index contributed by atoms with van der Waals surface area (Å²) in [6.45, 7) is 4.84. The number of ether oxygens (including phenoxy) is 2. The Morgan fingerprint density at radius 3 is 2.63 bits per heavy atom. The number of morpholine rings is 1. The summed E-state index contributed by atoms with van der Waals surface area (Å²) >= 11 is 6.66. The van der Waals surface area contributed by atoms with E-state index in [0.29, 0.717) is 78.7 Å². The Morgan fingerprint density at radius 1 is 1.05 bits per heavy atom. The van der Waals surface area contributed by atoms with E-state index in [1.54, 1.807) is 30.3 Å². The van der Waals surface area contributed by atoms with E-state index in [1.165, 1.54) is 18.5 Å². The third kappa shape index (κ3) is 4.68. The van der Waals surface area contributed by atoms with Crippen LogP contribution < -0.4 is 14.5 Å². The Labute approximate surface area is 250 Å². The minimum atomic E-state index is -0.587. The van der Waals surface area contributed by atoms with Gasteiger partial charge in [-0.25, -0.2) is 19.3 Å². The van der Waals surface area contributed by atoms with Crippen molar-refractivity contribution in [3.8, 4) is 22.8 Å². The van der Waals surface area contributed by atoms with Gasteiger partial charge in [0.15, 0.2) is 11.6 Å². The Balaban J connectivity index is 1.40. The van der Waals surface area contributed by atoms with E-state index < -0.39 is 5.82 Å². The third-order valence-corrected chi connectivity index (χ3v) is 7.96. The van der Waals surface area contributed by atoms with Crippen LogP contribution in [0, 0.1) is 22.9 Å². The highest BCUT2D eigenvalue weighted by molar-refractivity contribution is 6.35. The SMILES string of the molecule is Cc1cccc(Oc2ccc(-c3c4n(c5ncnc(Cl)c35)CCN4c3cccc([N+](=O)[O-])c3N3CCOCC3)cc2F)n1. The van der Waals surface area contributed by atoms with Gasteiger partial charge in [-0.1, -0.05) is 29.8 Å². The molecule has 5 aromatic rings. The number of aryl methyl sites for hydroxylation is 1. The average Bonchev–Trinajstić information content (AvgIpc) is 3.58. The fraction of sp³-hybridized carbons (Fsp3) is 0.233. The van der Waals surface area contributed by atoms with Gasteiger partial charge in [-0.15, -0.1) is 0 Å². The van der Waals surface area contributed by atoms with E-state index in [0.717, 1.165) is 5.69 Å². The van der Waals surface area contributed by atoms with Crippen LogP contribution in [0.1, 0.15) is 5.69 Å². The predicted octanol–water partition coefficient (Wildman–Crippen LogP) is 6.28. The van der Waals surface area contributed by atoms with Gasteiger partial charge in [-0.3, -0.25) is 10.1 Å². The van der Waals surface area contributed by atoms with Gasteiger partial charge in [0, 0.05) is 49.6 Å². The highest BCUT2D eigenvalue weighted by Gasteiger charge is 2.35. The van der Waals surface area contributed by atoms with Gasteiger partial charge in [-0.2, -0.15) is 0 Å². The van der Waals surface area contributed by atoms with Crippen molar-refractivity contribution < 1.29 is 18.8 Å². The van der Waals surface area contributed by atoms with Crippen molar-refractivity contribution in [2.24, 2.45) is 0 Å². The zero-order valence-corrected chi connectivity index (χ0v) is 23.8. The van der Waals surface area contributed by atoms with Crippen LogP contribution in [0.2, 0.25) is 5.15 Å². The molecule has 0 bridgehead atoms. The highest BCUT2D eigenvalue weighted by Crippen LogP contribution is 2.50. The normalized spacial score (nSPS) is 14.8. The number of benzene rings is 2. The fourth-order valence-corrected chi connectivity index (χ4v) is 6.07. The summed E-state index contributed by atoms with van der Waals surface area (Å²) in [5.74, 6) is 0.414. The maximum absolute atomic E-state index is 15.6. The number of nitro benzene ring substituents is 1. The smallest absolute Gasteiger partial charge is 0.294 e. The molecule has 2 aliphatic rings. The lowest BCUT2D eigenvalue weighted by atomic mass is 10.0. The van der Waals surface area contributed by atoms with Crippen LogP contribution in [-0.2, 0) is 11.3 Å². The molecule has 1 fully saturated rings. The van der Waals surface area contributed by atoms with Gasteiger partial charge in [0.1, 0.15) is 28.6 Å². The van der Waals surface area contributed by atoms with Crippen molar-refractivity contribution in [3.63, 3.8) is 0 Å². The molecule has 3 aromatic heterocycles. The van der Waals surface area contributed by atoms with E-state index in [-0.39, 0.29) is 27.4 Å². The van der Waals surface area contributed by atoms with Crippen molar-refractivity contribution in [1.29, 1.82) is 0 Å². The van der Waals surface area contributed by atoms with Crippen molar-refractivity contribution in [3.05, 3.63) is 87.7 Å². The molecule has 2 aromatic carbocycles. The Hall–Kier alpha value is -4.81. The van der Waals surface area contributed by atoms with Gasteiger partial charge in [0.2, 0.25) is 5.88 Å². The first kappa shape index (κ1) is 27.0. The standard InChI is InChI=1S/C30H25ClFN7O4/c1-18-4-2-7-24(35-18)43-23-9-8-19(16-20(23)32)25-26-28(31)33-17-34-29(26)38-11-10-37(30(25)38)21-5-3-6-22(39(40)41)27(21)36-12-14-42-15-13-36/h2-9,16-17H,10-15H2,1H3. The Bertz CT molecular complexity index is 1890. The summed E-state index contributed by atoms with van der Waals surface area (Å²) in [4.78, 5) is 28.9. The Kier molecular flexibility index (Phi) is 6.79. The first-order valence-electron chi connectivity index (χ1n) is 13.7. The molecule has 0 saturated carbocycles. The molecule has 0 atom stereocenters. The van der Waals surface area contributed by atoms with Crippen LogP contribution in [0.25, 0.3) is 22.2 Å². The lowest BCUT2D eigenvalue weighted by Gasteiger charge is -2.32. The lowest BCUT2D eigenvalue weighted by molar-refractivity contribution is -0.384. The van der Waals surface area contributed by atoms with Gasteiger partial charge in [-0.05, 0) is 36.8 Å². The molecule has 0 aliphatic carbocycles. The average molecular weight is 602 g/mol. The number of halogens is 2. The number of rotatable bonds is 6. The summed E-state index contributed by atoms with van der Waals surface area (Å²) in [5.41, 5.74) is 3.67. The van der Waals surface area contributed by atoms with E-state index in [2.05, 4.69) is 15.0 Å². The van der Waals surface area contributed by atoms with Crippen LogP contribution in [0.15, 0.2) is 60.9 Å². The summed E-state index contributed by atoms with van der Waals surface area (Å²) in [6, 6.07) is 15.0. The topological polar surface area (TPSA) is 112 Å². The van der Waals surface area contributed by atoms with Crippen LogP contribution in [0.5, 0.6) is 11.6 Å². The zero-order chi connectivity index (χ0) is 29.7. The van der Waals surface area contributed by atoms with E-state index >= 15 is 4.39 Å². The van der Waals surface area contributed by atoms with Gasteiger partial charge >= 0.3 is 0 Å². The molecule has 11 nitrogen and oxygen atoms in total. The quantitative estimate of drug-likeness (QED) is 0.126. The Morgan fingerprint density at radius 2 is 1.86 bits per heavy atom. The minimum Gasteiger partial charge on any atom is -0.436 e. The van der Waals surface area contributed by atoms with Crippen molar-refractivity contribution in [2.75, 3.05) is 42.6 Å². The summed E-state index contributed by atoms with van der Waals surface area (Å²) in [7, 11) is 0. The van der Waals surface area contributed by atoms with E-state index in [1.807, 2.05) is 33.4 Å². The molecule has 0 unspecified atom stereocenters. The zero-order valence-electron chi connectivity index (χ0n) is 23.0. The van der Waals surface area contributed by atoms with Crippen LogP contribution in [0.3, 0.4) is 0 Å². The van der Waals surface area contributed by atoms with Crippen LogP contribution >= 0.6 is 11.6 Å². The van der Waals surface area contributed by atoms with Crippen molar-refractivity contribution in [1.82, 2.24) is 19.5 Å². The molecule has 5 heterocycles. The van der Waals surface area contributed by atoms with E-state index in [9.17, 15) is 10.1 Å². The molecule has 7 rings (SSSR count). The third-order valence-electron chi connectivity index (χ3n) is 7.67. The summed E-state index contributed by atoms with van der Waals surface area (Å²) in [5, 5.41) is 13.0. The first-order chi connectivity index (χ1) is 20.9. The number of hydrogen-bond donors (Lipinski definition) is 0. The van der Waals surface area contributed by atoms with Crippen molar-refractivity contribution in [2.45, 2.75) is 13.5 Å². The van der Waals surface area contributed by atoms with Gasteiger partial charge < -0.3 is 23.8 Å². The maximum atomic E-state index is 15.6. The van der Waals surface area contributed by atoms with Gasteiger partial charge in [0.25, 0.3) is 5.69 Å². The van der Waals surface area contributed by atoms with Crippen molar-refractivity contribution >= 4 is 45.5 Å². The highest BCUT2D eigenvalue weighted by atomic mass is 35.5. The van der Waals surface area contributed by atoms with Gasteiger partial charge in [0.05, 0.1) is 29.2 Å². The lowest BCUT2D eigenvalue weighted by Crippen LogP contribution is -2.37. The number of aromatic nitrogens is 4. The molecular formula is C30H25ClFN7O4. The molecular weight excluding hydrogens is 577 g/mol. The predicted molar refractivity (Wildman–Crippen MR) is 160 cm³/mol. The largest absolute Gasteiger partial charge is 0.436 e.